The van der Waals surface area contributed by atoms with E-state index in [1.54, 1.807) is 14.2 Å². The van der Waals surface area contributed by atoms with Crippen LogP contribution >= 0.6 is 0 Å². The van der Waals surface area contributed by atoms with Gasteiger partial charge in [0, 0.05) is 33.4 Å². The molecule has 0 bridgehead atoms. The van der Waals surface area contributed by atoms with Crippen LogP contribution in [-0.2, 0) is 9.47 Å². The topological polar surface area (TPSA) is 33.7 Å². The highest BCUT2D eigenvalue weighted by atomic mass is 16.5. The second kappa shape index (κ2) is 7.17. The highest BCUT2D eigenvalue weighted by Crippen LogP contribution is 2.10. The molecule has 1 heterocycles. The van der Waals surface area contributed by atoms with Gasteiger partial charge in [-0.15, -0.1) is 0 Å². The summed E-state index contributed by atoms with van der Waals surface area (Å²) >= 11 is 0. The Bertz CT molecular complexity index is 167. The third-order valence-electron chi connectivity index (χ3n) is 2.91. The van der Waals surface area contributed by atoms with Crippen LogP contribution in [0.25, 0.3) is 0 Å². The van der Waals surface area contributed by atoms with Gasteiger partial charge in [0.05, 0.1) is 12.7 Å². The van der Waals surface area contributed by atoms with Crippen LogP contribution in [0.1, 0.15) is 13.3 Å². The fraction of sp³-hybridized carbons (Fsp3) is 1.00. The summed E-state index contributed by atoms with van der Waals surface area (Å²) in [6.07, 6.45) is 1.45. The summed E-state index contributed by atoms with van der Waals surface area (Å²) in [5, 5.41) is 3.48. The van der Waals surface area contributed by atoms with E-state index in [-0.39, 0.29) is 6.10 Å². The van der Waals surface area contributed by atoms with E-state index in [4.69, 9.17) is 9.47 Å². The molecule has 0 aromatic carbocycles. The Morgan fingerprint density at radius 2 is 2.27 bits per heavy atom. The molecular weight excluding hydrogens is 192 g/mol. The second-order valence-corrected chi connectivity index (χ2v) is 4.12. The molecule has 0 aliphatic carbocycles. The van der Waals surface area contributed by atoms with Gasteiger partial charge in [0.2, 0.25) is 0 Å². The normalized spacial score (nSPS) is 24.6. The summed E-state index contributed by atoms with van der Waals surface area (Å²) in [5.74, 6) is 0. The predicted molar refractivity (Wildman–Crippen MR) is 61.2 cm³/mol. The van der Waals surface area contributed by atoms with Gasteiger partial charge in [0.1, 0.15) is 0 Å². The van der Waals surface area contributed by atoms with Gasteiger partial charge in [0.15, 0.2) is 0 Å². The largest absolute Gasteiger partial charge is 0.382 e. The van der Waals surface area contributed by atoms with Crippen molar-refractivity contribution in [2.75, 3.05) is 47.0 Å². The zero-order valence-corrected chi connectivity index (χ0v) is 10.2. The molecule has 1 N–H and O–H groups in total. The fourth-order valence-corrected chi connectivity index (χ4v) is 2.12. The molecule has 0 spiro atoms. The molecule has 2 unspecified atom stereocenters. The Hall–Kier alpha value is -0.160. The molecule has 0 aromatic rings. The lowest BCUT2D eigenvalue weighted by Crippen LogP contribution is -2.37. The molecular formula is C11H24N2O2. The lowest BCUT2D eigenvalue weighted by Gasteiger charge is -2.22. The molecule has 1 aliphatic heterocycles. The zero-order chi connectivity index (χ0) is 11.1. The first-order chi connectivity index (χ1) is 7.30. The number of likely N-dealkylation sites (N-methyl/N-ethyl adjacent to an activating group) is 1. The smallest absolute Gasteiger partial charge is 0.0931 e. The van der Waals surface area contributed by atoms with Crippen molar-refractivity contribution < 1.29 is 9.47 Å². The number of hydrogen-bond donors (Lipinski definition) is 1. The van der Waals surface area contributed by atoms with Gasteiger partial charge < -0.3 is 14.8 Å². The first-order valence-corrected chi connectivity index (χ1v) is 5.77. The molecule has 1 fully saturated rings. The number of ether oxygens (including phenoxy) is 2. The number of methoxy groups -OCH3 is 2. The molecule has 1 aliphatic rings. The van der Waals surface area contributed by atoms with E-state index in [9.17, 15) is 0 Å². The van der Waals surface area contributed by atoms with Gasteiger partial charge in [-0.25, -0.2) is 0 Å². The van der Waals surface area contributed by atoms with Gasteiger partial charge in [-0.05, 0) is 19.5 Å². The minimum atomic E-state index is 0.204. The molecule has 0 saturated carbocycles. The Kier molecular flexibility index (Phi) is 6.17. The molecule has 2 atom stereocenters. The van der Waals surface area contributed by atoms with Crippen LogP contribution in [-0.4, -0.2) is 64.1 Å². The van der Waals surface area contributed by atoms with E-state index in [2.05, 4.69) is 17.1 Å². The van der Waals surface area contributed by atoms with Crippen molar-refractivity contribution in [2.24, 2.45) is 0 Å². The molecule has 1 saturated heterocycles. The van der Waals surface area contributed by atoms with Gasteiger partial charge in [-0.3, -0.25) is 4.90 Å². The molecule has 4 nitrogen and oxygen atoms in total. The summed E-state index contributed by atoms with van der Waals surface area (Å²) in [5.41, 5.74) is 0. The van der Waals surface area contributed by atoms with E-state index in [0.29, 0.717) is 12.6 Å². The van der Waals surface area contributed by atoms with E-state index < -0.39 is 0 Å². The first kappa shape index (κ1) is 12.9. The quantitative estimate of drug-likeness (QED) is 0.665. The molecule has 15 heavy (non-hydrogen) atoms. The Labute approximate surface area is 92.9 Å². The highest BCUT2D eigenvalue weighted by molar-refractivity contribution is 4.81. The standard InChI is InChI=1S/C11H24N2O2/c1-4-12-10-5-6-13(7-10)8-11(15-3)9-14-2/h10-12H,4-9H2,1-3H3. The first-order valence-electron chi connectivity index (χ1n) is 5.77. The SMILES string of the molecule is CCNC1CCN(CC(COC)OC)C1. The van der Waals surface area contributed by atoms with E-state index in [0.717, 1.165) is 19.6 Å². The zero-order valence-electron chi connectivity index (χ0n) is 10.2. The Morgan fingerprint density at radius 1 is 1.47 bits per heavy atom. The van der Waals surface area contributed by atoms with Crippen LogP contribution in [0.2, 0.25) is 0 Å². The van der Waals surface area contributed by atoms with Crippen molar-refractivity contribution in [1.29, 1.82) is 0 Å². The lowest BCUT2D eigenvalue weighted by atomic mass is 10.3. The third-order valence-corrected chi connectivity index (χ3v) is 2.91. The third kappa shape index (κ3) is 4.47. The van der Waals surface area contributed by atoms with Gasteiger partial charge >= 0.3 is 0 Å². The minimum Gasteiger partial charge on any atom is -0.382 e. The average molecular weight is 216 g/mol. The average Bonchev–Trinajstić information content (AvgIpc) is 2.66. The number of hydrogen-bond acceptors (Lipinski definition) is 4. The summed E-state index contributed by atoms with van der Waals surface area (Å²) < 4.78 is 10.5. The molecule has 0 aromatic heterocycles. The maximum atomic E-state index is 5.36. The maximum absolute atomic E-state index is 5.36. The van der Waals surface area contributed by atoms with Crippen LogP contribution in [0.15, 0.2) is 0 Å². The maximum Gasteiger partial charge on any atom is 0.0931 e. The Balaban J connectivity index is 2.21. The number of likely N-dealkylation sites (tertiary alicyclic amines) is 1. The van der Waals surface area contributed by atoms with Gasteiger partial charge in [0.25, 0.3) is 0 Å². The molecule has 0 amide bonds. The number of nitrogens with one attached hydrogen (secondary N) is 1. The summed E-state index contributed by atoms with van der Waals surface area (Å²) in [4.78, 5) is 2.44. The van der Waals surface area contributed by atoms with Crippen LogP contribution < -0.4 is 5.32 Å². The second-order valence-electron chi connectivity index (χ2n) is 4.12. The molecule has 0 radical (unpaired) electrons. The van der Waals surface area contributed by atoms with Crippen LogP contribution in [0.3, 0.4) is 0 Å². The number of rotatable bonds is 7. The van der Waals surface area contributed by atoms with E-state index >= 15 is 0 Å². The monoisotopic (exact) mass is 216 g/mol. The molecule has 90 valence electrons. The summed E-state index contributed by atoms with van der Waals surface area (Å²) in [7, 11) is 3.47. The van der Waals surface area contributed by atoms with Gasteiger partial charge in [-0.2, -0.15) is 0 Å². The molecule has 1 rings (SSSR count). The van der Waals surface area contributed by atoms with Crippen LogP contribution in [0.4, 0.5) is 0 Å². The minimum absolute atomic E-state index is 0.204. The van der Waals surface area contributed by atoms with Crippen molar-refractivity contribution in [3.05, 3.63) is 0 Å². The fourth-order valence-electron chi connectivity index (χ4n) is 2.12. The summed E-state index contributed by atoms with van der Waals surface area (Å²) in [6, 6.07) is 0.662. The lowest BCUT2D eigenvalue weighted by molar-refractivity contribution is 0.00975. The van der Waals surface area contributed by atoms with E-state index in [1.165, 1.54) is 13.0 Å². The van der Waals surface area contributed by atoms with Crippen molar-refractivity contribution in [1.82, 2.24) is 10.2 Å². The Morgan fingerprint density at radius 3 is 2.87 bits per heavy atom. The van der Waals surface area contributed by atoms with Crippen LogP contribution in [0, 0.1) is 0 Å². The van der Waals surface area contributed by atoms with Gasteiger partial charge in [-0.1, -0.05) is 6.92 Å². The van der Waals surface area contributed by atoms with Crippen LogP contribution in [0.5, 0.6) is 0 Å². The van der Waals surface area contributed by atoms with Crippen molar-refractivity contribution in [2.45, 2.75) is 25.5 Å². The molecule has 4 heteroatoms. The number of nitrogens with zero attached hydrogens (tertiary/aromatic N) is 1. The van der Waals surface area contributed by atoms with E-state index in [1.807, 2.05) is 0 Å². The highest BCUT2D eigenvalue weighted by Gasteiger charge is 2.23. The summed E-state index contributed by atoms with van der Waals surface area (Å²) in [6.45, 7) is 7.18. The van der Waals surface area contributed by atoms with Crippen molar-refractivity contribution in [3.63, 3.8) is 0 Å². The predicted octanol–water partition coefficient (Wildman–Crippen LogP) is 0.332. The van der Waals surface area contributed by atoms with Crippen molar-refractivity contribution >= 4 is 0 Å². The van der Waals surface area contributed by atoms with Crippen molar-refractivity contribution in [3.8, 4) is 0 Å².